The molecule has 0 saturated heterocycles. The minimum Gasteiger partial charge on any atom is -0.387 e. The summed E-state index contributed by atoms with van der Waals surface area (Å²) < 4.78 is 4.85. The van der Waals surface area contributed by atoms with E-state index in [-0.39, 0.29) is 0 Å². The Labute approximate surface area is 135 Å². The van der Waals surface area contributed by atoms with Gasteiger partial charge in [0.25, 0.3) is 0 Å². The van der Waals surface area contributed by atoms with E-state index in [2.05, 4.69) is 31.0 Å². The lowest BCUT2D eigenvalue weighted by Gasteiger charge is -2.11. The lowest BCUT2D eigenvalue weighted by molar-refractivity contribution is 0.168. The summed E-state index contributed by atoms with van der Waals surface area (Å²) in [6.07, 6.45) is 3.38. The maximum absolute atomic E-state index is 10.2. The Hall–Kier alpha value is -1.99. The van der Waals surface area contributed by atoms with Crippen LogP contribution in [-0.2, 0) is 6.54 Å². The molecule has 1 atom stereocenters. The van der Waals surface area contributed by atoms with Crippen LogP contribution in [-0.4, -0.2) is 29.4 Å². The average Bonchev–Trinajstić information content (AvgIpc) is 3.12. The first-order chi connectivity index (χ1) is 10.7. The van der Waals surface area contributed by atoms with Crippen molar-refractivity contribution in [2.45, 2.75) is 26.0 Å². The molecule has 1 unspecified atom stereocenters. The van der Waals surface area contributed by atoms with E-state index in [1.54, 1.807) is 12.7 Å². The largest absolute Gasteiger partial charge is 0.387 e. The van der Waals surface area contributed by atoms with E-state index in [1.807, 2.05) is 34.4 Å². The Bertz CT molecular complexity index is 853. The van der Waals surface area contributed by atoms with Crippen LogP contribution in [0.15, 0.2) is 35.3 Å². The zero-order valence-corrected chi connectivity index (χ0v) is 13.5. The number of nitrogens with zero attached hydrogens (tertiary/aromatic N) is 5. The molecular formula is C15H14BrN5O. The SMILES string of the molecule is CCC(O)c1ncn2c1Cn1ncnc1-c1cc(Br)ccc1-2. The van der Waals surface area contributed by atoms with Crippen LogP contribution in [0.3, 0.4) is 0 Å². The van der Waals surface area contributed by atoms with Gasteiger partial charge in [-0.1, -0.05) is 22.9 Å². The minimum absolute atomic E-state index is 0.536. The van der Waals surface area contributed by atoms with Crippen molar-refractivity contribution in [3.63, 3.8) is 0 Å². The number of aliphatic hydroxyl groups is 1. The highest BCUT2D eigenvalue weighted by molar-refractivity contribution is 9.10. The molecule has 3 aromatic rings. The molecule has 1 N–H and O–H groups in total. The summed E-state index contributed by atoms with van der Waals surface area (Å²) in [6, 6.07) is 6.04. The molecule has 0 bridgehead atoms. The monoisotopic (exact) mass is 359 g/mol. The van der Waals surface area contributed by atoms with Gasteiger partial charge in [-0.3, -0.25) is 0 Å². The zero-order chi connectivity index (χ0) is 15.3. The molecule has 1 aliphatic heterocycles. The molecular weight excluding hydrogens is 346 g/mol. The van der Waals surface area contributed by atoms with E-state index in [0.717, 1.165) is 27.2 Å². The second-order valence-electron chi connectivity index (χ2n) is 5.27. The Kier molecular flexibility index (Phi) is 3.12. The molecule has 0 amide bonds. The molecule has 0 radical (unpaired) electrons. The normalized spacial score (nSPS) is 14.0. The van der Waals surface area contributed by atoms with Crippen molar-refractivity contribution in [1.82, 2.24) is 24.3 Å². The second-order valence-corrected chi connectivity index (χ2v) is 6.19. The molecule has 7 heteroatoms. The topological polar surface area (TPSA) is 68.8 Å². The van der Waals surface area contributed by atoms with Crippen molar-refractivity contribution in [2.75, 3.05) is 0 Å². The molecule has 0 fully saturated rings. The number of hydrogen-bond acceptors (Lipinski definition) is 4. The summed E-state index contributed by atoms with van der Waals surface area (Å²) >= 11 is 3.51. The maximum Gasteiger partial charge on any atom is 0.160 e. The fraction of sp³-hybridized carbons (Fsp3) is 0.267. The van der Waals surface area contributed by atoms with Gasteiger partial charge in [0, 0.05) is 10.0 Å². The van der Waals surface area contributed by atoms with E-state index in [4.69, 9.17) is 0 Å². The van der Waals surface area contributed by atoms with Gasteiger partial charge in [-0.25, -0.2) is 14.6 Å². The highest BCUT2D eigenvalue weighted by Gasteiger charge is 2.25. The number of hydrogen-bond donors (Lipinski definition) is 1. The Morgan fingerprint density at radius 3 is 3.05 bits per heavy atom. The number of fused-ring (bicyclic) bond motifs is 5. The van der Waals surface area contributed by atoms with Crippen LogP contribution in [0.2, 0.25) is 0 Å². The smallest absolute Gasteiger partial charge is 0.160 e. The van der Waals surface area contributed by atoms with Crippen LogP contribution in [0.1, 0.15) is 30.8 Å². The van der Waals surface area contributed by atoms with Gasteiger partial charge in [0.05, 0.1) is 36.1 Å². The first-order valence-electron chi connectivity index (χ1n) is 7.11. The molecule has 6 nitrogen and oxygen atoms in total. The van der Waals surface area contributed by atoms with Crippen molar-refractivity contribution in [3.05, 3.63) is 46.7 Å². The first-order valence-corrected chi connectivity index (χ1v) is 7.90. The number of benzene rings is 1. The van der Waals surface area contributed by atoms with E-state index in [9.17, 15) is 5.11 Å². The van der Waals surface area contributed by atoms with Gasteiger partial charge in [-0.2, -0.15) is 5.10 Å². The van der Waals surface area contributed by atoms with E-state index in [0.29, 0.717) is 18.7 Å². The summed E-state index contributed by atoms with van der Waals surface area (Å²) in [7, 11) is 0. The quantitative estimate of drug-likeness (QED) is 0.597. The molecule has 1 aliphatic rings. The zero-order valence-electron chi connectivity index (χ0n) is 11.9. The van der Waals surface area contributed by atoms with Crippen LogP contribution in [0, 0.1) is 0 Å². The minimum atomic E-state index is -0.569. The van der Waals surface area contributed by atoms with Crippen molar-refractivity contribution >= 4 is 15.9 Å². The molecule has 0 saturated carbocycles. The maximum atomic E-state index is 10.2. The van der Waals surface area contributed by atoms with Gasteiger partial charge in [0.1, 0.15) is 6.33 Å². The Morgan fingerprint density at radius 2 is 2.23 bits per heavy atom. The van der Waals surface area contributed by atoms with Gasteiger partial charge in [0.15, 0.2) is 5.82 Å². The van der Waals surface area contributed by atoms with Crippen LogP contribution in [0.4, 0.5) is 0 Å². The Morgan fingerprint density at radius 1 is 1.36 bits per heavy atom. The van der Waals surface area contributed by atoms with Crippen molar-refractivity contribution in [3.8, 4) is 17.1 Å². The van der Waals surface area contributed by atoms with Gasteiger partial charge in [0.2, 0.25) is 0 Å². The number of halogens is 1. The van der Waals surface area contributed by atoms with E-state index >= 15 is 0 Å². The number of aliphatic hydroxyl groups excluding tert-OH is 1. The van der Waals surface area contributed by atoms with Crippen LogP contribution >= 0.6 is 15.9 Å². The Balaban J connectivity index is 2.02. The van der Waals surface area contributed by atoms with Crippen molar-refractivity contribution < 1.29 is 5.11 Å². The third kappa shape index (κ3) is 1.93. The van der Waals surface area contributed by atoms with E-state index < -0.39 is 6.10 Å². The lowest BCUT2D eigenvalue weighted by atomic mass is 10.1. The average molecular weight is 360 g/mol. The molecule has 3 heterocycles. The summed E-state index contributed by atoms with van der Waals surface area (Å²) in [4.78, 5) is 8.82. The summed E-state index contributed by atoms with van der Waals surface area (Å²) in [6.45, 7) is 2.48. The molecule has 4 rings (SSSR count). The third-order valence-corrected chi connectivity index (χ3v) is 4.47. The van der Waals surface area contributed by atoms with Crippen LogP contribution in [0.25, 0.3) is 17.1 Å². The fourth-order valence-electron chi connectivity index (χ4n) is 2.85. The fourth-order valence-corrected chi connectivity index (χ4v) is 3.21. The summed E-state index contributed by atoms with van der Waals surface area (Å²) in [5, 5.41) is 14.5. The third-order valence-electron chi connectivity index (χ3n) is 3.98. The molecule has 2 aromatic heterocycles. The number of rotatable bonds is 2. The number of imidazole rings is 1. The molecule has 0 aliphatic carbocycles. The van der Waals surface area contributed by atoms with Crippen molar-refractivity contribution in [2.24, 2.45) is 0 Å². The molecule has 22 heavy (non-hydrogen) atoms. The summed E-state index contributed by atoms with van der Waals surface area (Å²) in [5.74, 6) is 0.817. The molecule has 0 spiro atoms. The number of aromatic nitrogens is 5. The van der Waals surface area contributed by atoms with Gasteiger partial charge in [-0.05, 0) is 24.6 Å². The van der Waals surface area contributed by atoms with Crippen molar-refractivity contribution in [1.29, 1.82) is 0 Å². The molecule has 1 aromatic carbocycles. The van der Waals surface area contributed by atoms with Gasteiger partial charge < -0.3 is 9.67 Å². The summed E-state index contributed by atoms with van der Waals surface area (Å²) in [5.41, 5.74) is 3.63. The van der Waals surface area contributed by atoms with E-state index in [1.165, 1.54) is 0 Å². The van der Waals surface area contributed by atoms with Crippen LogP contribution in [0.5, 0.6) is 0 Å². The van der Waals surface area contributed by atoms with Gasteiger partial charge >= 0.3 is 0 Å². The van der Waals surface area contributed by atoms with Crippen LogP contribution < -0.4 is 0 Å². The molecule has 112 valence electrons. The predicted octanol–water partition coefficient (Wildman–Crippen LogP) is 2.70. The van der Waals surface area contributed by atoms with Gasteiger partial charge in [-0.15, -0.1) is 0 Å². The second kappa shape index (κ2) is 5.03. The first kappa shape index (κ1) is 13.7. The lowest BCUT2D eigenvalue weighted by Crippen LogP contribution is -2.09. The highest BCUT2D eigenvalue weighted by Crippen LogP contribution is 2.34. The highest BCUT2D eigenvalue weighted by atomic mass is 79.9. The predicted molar refractivity (Wildman–Crippen MR) is 84.6 cm³/mol. The standard InChI is InChI=1S/C15H14BrN5O/c1-2-13(22)14-12-6-21-15(17-7-19-21)10-5-9(16)3-4-11(10)20(12)8-18-14/h3-5,7-8,13,22H,2,6H2,1H3.